The molecule has 0 saturated carbocycles. The van der Waals surface area contributed by atoms with Crippen LogP contribution in [0.25, 0.3) is 0 Å². The Morgan fingerprint density at radius 3 is 2.43 bits per heavy atom. The van der Waals surface area contributed by atoms with E-state index in [1.807, 2.05) is 69.3 Å². The van der Waals surface area contributed by atoms with Gasteiger partial charge in [-0.05, 0) is 56.7 Å². The Labute approximate surface area is 252 Å². The number of benzene rings is 2. The summed E-state index contributed by atoms with van der Waals surface area (Å²) in [6.07, 6.45) is 4.89. The molecule has 0 radical (unpaired) electrons. The van der Waals surface area contributed by atoms with Crippen LogP contribution in [-0.4, -0.2) is 69.1 Å². The number of esters is 1. The Balaban J connectivity index is 1.65. The molecule has 3 saturated heterocycles. The summed E-state index contributed by atoms with van der Waals surface area (Å²) >= 11 is 1.59. The number of nitrogens with zero attached hydrogens (tertiary/aromatic N) is 2. The Kier molecular flexibility index (Phi) is 8.41. The van der Waals surface area contributed by atoms with Crippen molar-refractivity contribution in [1.82, 2.24) is 4.90 Å². The van der Waals surface area contributed by atoms with Crippen LogP contribution in [0.1, 0.15) is 36.5 Å². The van der Waals surface area contributed by atoms with Crippen LogP contribution >= 0.6 is 11.8 Å². The highest BCUT2D eigenvalue weighted by atomic mass is 32.2. The van der Waals surface area contributed by atoms with E-state index >= 15 is 4.79 Å². The molecule has 5 rings (SSSR count). The second-order valence-corrected chi connectivity index (χ2v) is 13.8. The Bertz CT molecular complexity index is 1380. The Morgan fingerprint density at radius 1 is 1.12 bits per heavy atom. The number of aryl methyl sites for hydroxylation is 2. The molecule has 2 bridgehead atoms. The number of para-hydroxylation sites is 1. The molecule has 2 unspecified atom stereocenters. The molecule has 0 aromatic heterocycles. The van der Waals surface area contributed by atoms with E-state index in [-0.39, 0.29) is 31.6 Å². The molecule has 6 atom stereocenters. The van der Waals surface area contributed by atoms with Gasteiger partial charge in [-0.25, -0.2) is 0 Å². The van der Waals surface area contributed by atoms with Gasteiger partial charge in [0.25, 0.3) is 5.91 Å². The molecular weight excluding hydrogens is 548 g/mol. The van der Waals surface area contributed by atoms with E-state index in [9.17, 15) is 14.7 Å². The predicted molar refractivity (Wildman–Crippen MR) is 166 cm³/mol. The van der Waals surface area contributed by atoms with Crippen molar-refractivity contribution in [3.63, 3.8) is 0 Å². The zero-order valence-corrected chi connectivity index (χ0v) is 25.4. The molecule has 7 nitrogen and oxygen atoms in total. The summed E-state index contributed by atoms with van der Waals surface area (Å²) in [5.74, 6) is -2.35. The third kappa shape index (κ3) is 4.78. The summed E-state index contributed by atoms with van der Waals surface area (Å²) in [4.78, 5) is 46.5. The molecule has 2 aromatic carbocycles. The van der Waals surface area contributed by atoms with Crippen molar-refractivity contribution < 1.29 is 24.2 Å². The maximum Gasteiger partial charge on any atom is 0.311 e. The minimum absolute atomic E-state index is 0.0585. The average molecular weight is 589 g/mol. The number of amides is 2. The molecule has 1 spiro atoms. The first-order valence-electron chi connectivity index (χ1n) is 14.6. The maximum absolute atomic E-state index is 15.0. The van der Waals surface area contributed by atoms with Crippen molar-refractivity contribution in [3.05, 3.63) is 90.5 Å². The summed E-state index contributed by atoms with van der Waals surface area (Å²) < 4.78 is 4.17. The molecule has 1 N–H and O–H groups in total. The van der Waals surface area contributed by atoms with Gasteiger partial charge in [0, 0.05) is 17.0 Å². The smallest absolute Gasteiger partial charge is 0.311 e. The topological polar surface area (TPSA) is 87.1 Å². The van der Waals surface area contributed by atoms with Gasteiger partial charge in [-0.2, -0.15) is 0 Å². The average Bonchev–Trinajstić information content (AvgIpc) is 3.55. The minimum Gasteiger partial charge on any atom is -0.461 e. The number of rotatable bonds is 11. The van der Waals surface area contributed by atoms with E-state index in [1.54, 1.807) is 27.6 Å². The van der Waals surface area contributed by atoms with Crippen molar-refractivity contribution in [3.8, 4) is 0 Å². The summed E-state index contributed by atoms with van der Waals surface area (Å²) in [7, 11) is 0. The number of thioether (sulfide) groups is 1. The fourth-order valence-corrected chi connectivity index (χ4v) is 9.89. The van der Waals surface area contributed by atoms with Gasteiger partial charge in [0.05, 0.1) is 29.2 Å². The third-order valence-corrected chi connectivity index (χ3v) is 11.2. The van der Waals surface area contributed by atoms with Crippen molar-refractivity contribution in [2.24, 2.45) is 11.8 Å². The second kappa shape index (κ2) is 11.7. The molecule has 3 heterocycles. The van der Waals surface area contributed by atoms with Crippen LogP contribution in [-0.2, 0) is 25.5 Å². The van der Waals surface area contributed by atoms with Gasteiger partial charge in [0.15, 0.2) is 0 Å². The van der Waals surface area contributed by atoms with Gasteiger partial charge in [-0.1, -0.05) is 67.3 Å². The predicted octanol–water partition coefficient (Wildman–Crippen LogP) is 4.64. The molecule has 3 fully saturated rings. The van der Waals surface area contributed by atoms with Crippen molar-refractivity contribution in [2.75, 3.05) is 24.7 Å². The maximum atomic E-state index is 15.0. The summed E-state index contributed by atoms with van der Waals surface area (Å²) in [6.45, 7) is 13.6. The highest BCUT2D eigenvalue weighted by Crippen LogP contribution is 2.72. The fraction of sp³-hybridized carbons (Fsp3) is 0.441. The number of aliphatic hydroxyl groups is 1. The molecule has 222 valence electrons. The lowest BCUT2D eigenvalue weighted by Crippen LogP contribution is -2.58. The van der Waals surface area contributed by atoms with E-state index in [0.717, 1.165) is 22.4 Å². The van der Waals surface area contributed by atoms with Crippen LogP contribution in [0.4, 0.5) is 5.69 Å². The van der Waals surface area contributed by atoms with Crippen molar-refractivity contribution in [2.45, 2.75) is 61.6 Å². The van der Waals surface area contributed by atoms with Crippen LogP contribution in [0.2, 0.25) is 0 Å². The van der Waals surface area contributed by atoms with E-state index in [2.05, 4.69) is 13.2 Å². The lowest BCUT2D eigenvalue weighted by molar-refractivity contribution is -0.155. The SMILES string of the molecule is C=CCOC(=O)[C@H]1[C@H]2C(=O)N([C@@H](CO)Cc3ccccc3)C(C(=O)N(CC=C)c3c(C)cccc3C)C23CC[C@]1(C)S3. The third-order valence-electron chi connectivity index (χ3n) is 9.25. The van der Waals surface area contributed by atoms with Crippen LogP contribution in [0.15, 0.2) is 73.8 Å². The summed E-state index contributed by atoms with van der Waals surface area (Å²) in [5.41, 5.74) is 3.64. The highest BCUT2D eigenvalue weighted by Gasteiger charge is 2.78. The molecule has 3 aliphatic rings. The quantitative estimate of drug-likeness (QED) is 0.304. The van der Waals surface area contributed by atoms with Gasteiger partial charge in [0.1, 0.15) is 12.6 Å². The largest absolute Gasteiger partial charge is 0.461 e. The van der Waals surface area contributed by atoms with Gasteiger partial charge >= 0.3 is 5.97 Å². The number of likely N-dealkylation sites (tertiary alicyclic amines) is 1. The number of hydrogen-bond acceptors (Lipinski definition) is 6. The zero-order valence-electron chi connectivity index (χ0n) is 24.6. The number of aliphatic hydroxyl groups excluding tert-OH is 1. The lowest BCUT2D eigenvalue weighted by Gasteiger charge is -2.40. The Hall–Kier alpha value is -3.36. The molecule has 8 heteroatoms. The molecule has 2 aromatic rings. The zero-order chi connectivity index (χ0) is 30.2. The first-order chi connectivity index (χ1) is 20.1. The van der Waals surface area contributed by atoms with Crippen molar-refractivity contribution in [1.29, 1.82) is 0 Å². The van der Waals surface area contributed by atoms with Crippen LogP contribution in [0, 0.1) is 25.7 Å². The lowest BCUT2D eigenvalue weighted by atomic mass is 9.66. The van der Waals surface area contributed by atoms with Crippen molar-refractivity contribution >= 4 is 35.2 Å². The molecular formula is C34H40N2O5S. The van der Waals surface area contributed by atoms with Crippen LogP contribution in [0.5, 0.6) is 0 Å². The fourth-order valence-electron chi connectivity index (χ4n) is 7.56. The number of hydrogen-bond donors (Lipinski definition) is 1. The number of carbonyl (C=O) groups is 3. The Morgan fingerprint density at radius 2 is 1.81 bits per heavy atom. The molecule has 42 heavy (non-hydrogen) atoms. The van der Waals surface area contributed by atoms with E-state index in [0.29, 0.717) is 19.3 Å². The second-order valence-electron chi connectivity index (χ2n) is 11.9. The van der Waals surface area contributed by atoms with E-state index in [1.165, 1.54) is 6.08 Å². The van der Waals surface area contributed by atoms with Crippen LogP contribution < -0.4 is 4.90 Å². The standard InChI is InChI=1S/C34H40N2O5S/c1-6-18-35(28-22(3)12-11-13-23(28)4)31(39)29-34-17-16-33(5,42-34)27(32(40)41-19-7-2)26(34)30(38)36(29)25(21-37)20-24-14-9-8-10-15-24/h6-15,25-27,29,37H,1-2,16-21H2,3-5H3/t25-,26+,27-,29?,33+,34?/m1/s1. The van der Waals surface area contributed by atoms with E-state index in [4.69, 9.17) is 4.74 Å². The van der Waals surface area contributed by atoms with E-state index < -0.39 is 39.4 Å². The first-order valence-corrected chi connectivity index (χ1v) is 15.4. The molecule has 3 aliphatic heterocycles. The first kappa shape index (κ1) is 30.1. The van der Waals surface area contributed by atoms with Gasteiger partial charge in [-0.15, -0.1) is 18.3 Å². The normalized spacial score (nSPS) is 28.3. The number of fused-ring (bicyclic) bond motifs is 1. The molecule has 2 amide bonds. The highest BCUT2D eigenvalue weighted by molar-refractivity contribution is 8.02. The van der Waals surface area contributed by atoms with Crippen LogP contribution in [0.3, 0.4) is 0 Å². The number of anilines is 1. The number of ether oxygens (including phenoxy) is 1. The number of carbonyl (C=O) groups excluding carboxylic acids is 3. The van der Waals surface area contributed by atoms with Gasteiger partial charge < -0.3 is 19.6 Å². The summed E-state index contributed by atoms with van der Waals surface area (Å²) in [6, 6.07) is 14.0. The summed E-state index contributed by atoms with van der Waals surface area (Å²) in [5, 5.41) is 10.7. The minimum atomic E-state index is -0.876. The monoisotopic (exact) mass is 588 g/mol. The van der Waals surface area contributed by atoms with Gasteiger partial charge in [-0.3, -0.25) is 14.4 Å². The van der Waals surface area contributed by atoms with Gasteiger partial charge in [0.2, 0.25) is 5.91 Å². The molecule has 0 aliphatic carbocycles.